The molecule has 6 heteroatoms. The molecule has 1 radical (unpaired) electrons. The average Bonchev–Trinajstić information content (AvgIpc) is 3.76. The van der Waals surface area contributed by atoms with Gasteiger partial charge in [0.1, 0.15) is 17.1 Å². The molecule has 0 unspecified atom stereocenters. The van der Waals surface area contributed by atoms with Gasteiger partial charge in [-0.25, -0.2) is 0 Å². The van der Waals surface area contributed by atoms with E-state index < -0.39 is 0 Å². The zero-order valence-electron chi connectivity index (χ0n) is 35.0. The number of benzene rings is 3. The Balaban J connectivity index is 0.000000320. The van der Waals surface area contributed by atoms with E-state index in [1.165, 1.54) is 28.0 Å². The van der Waals surface area contributed by atoms with Gasteiger partial charge in [0.2, 0.25) is 5.71 Å². The molecule has 6 rings (SSSR count). The molecule has 0 aliphatic heterocycles. The third kappa shape index (κ3) is 9.19. The van der Waals surface area contributed by atoms with E-state index in [-0.39, 0.29) is 47.9 Å². The molecule has 0 saturated carbocycles. The zero-order valence-corrected chi connectivity index (χ0v) is 37.4. The first-order valence-electron chi connectivity index (χ1n) is 19.8. The van der Waals surface area contributed by atoms with Crippen molar-refractivity contribution in [3.8, 4) is 22.4 Å². The number of furan rings is 2. The van der Waals surface area contributed by atoms with Crippen molar-refractivity contribution in [2.45, 2.75) is 121 Å². The normalized spacial score (nSPS) is 12.6. The first-order valence-corrected chi connectivity index (χ1v) is 19.8. The largest absolute Gasteiger partial charge is 0.512 e. The summed E-state index contributed by atoms with van der Waals surface area (Å²) in [7, 11) is 0. The van der Waals surface area contributed by atoms with Gasteiger partial charge in [-0.2, -0.15) is 0 Å². The van der Waals surface area contributed by atoms with E-state index in [4.69, 9.17) is 13.8 Å². The maximum Gasteiger partial charge on any atom is 0.219 e. The number of pyridine rings is 1. The maximum absolute atomic E-state index is 12.2. The number of carbonyl (C=O) groups is 1. The standard InChI is InChI=1S/C34H32NO2.C15H28O2.Ir/c1-20(2)15-31-21(3)25-12-11-23(18-32(25)37-31)28-19-30(35-33-27(28)13-14-36-33)24-16-22-9-7-8-10-26(22)29(17-24)34(4,5)6;1-7-14(5,8-2)12(16)11-13(17)15(6,9-3)10-4;/h7-14,17-20H,15H2,1-6H3;11,16H,7-10H2,1-6H3;/q-1;;/b;12-11-;. The first kappa shape index (κ1) is 43.7. The van der Waals surface area contributed by atoms with Crippen LogP contribution in [0.25, 0.3) is 55.2 Å². The molecule has 0 saturated heterocycles. The van der Waals surface area contributed by atoms with Crippen molar-refractivity contribution in [2.24, 2.45) is 16.7 Å². The number of aliphatic hydroxyl groups is 1. The Bertz CT molecular complexity index is 2290. The van der Waals surface area contributed by atoms with Gasteiger partial charge in [0.15, 0.2) is 5.78 Å². The molecular weight excluding hydrogens is 859 g/mol. The van der Waals surface area contributed by atoms with E-state index in [2.05, 4.69) is 102 Å². The van der Waals surface area contributed by atoms with E-state index >= 15 is 0 Å². The van der Waals surface area contributed by atoms with E-state index in [1.54, 1.807) is 6.26 Å². The van der Waals surface area contributed by atoms with Crippen LogP contribution in [0.5, 0.6) is 0 Å². The van der Waals surface area contributed by atoms with Gasteiger partial charge in [-0.05, 0) is 72.8 Å². The van der Waals surface area contributed by atoms with Gasteiger partial charge in [0.05, 0.1) is 6.26 Å². The molecule has 1 N–H and O–H groups in total. The fraction of sp³-hybridized carbons (Fsp3) is 0.429. The third-order valence-electron chi connectivity index (χ3n) is 11.8. The Kier molecular flexibility index (Phi) is 13.9. The molecule has 0 bridgehead atoms. The Hall–Kier alpha value is -3.99. The molecule has 0 amide bonds. The van der Waals surface area contributed by atoms with Crippen LogP contribution in [0, 0.1) is 29.7 Å². The predicted octanol–water partition coefficient (Wildman–Crippen LogP) is 14.3. The van der Waals surface area contributed by atoms with Crippen LogP contribution in [-0.4, -0.2) is 15.9 Å². The number of aromatic nitrogens is 1. The molecule has 3 heterocycles. The van der Waals surface area contributed by atoms with Crippen molar-refractivity contribution in [3.05, 3.63) is 102 Å². The number of nitrogens with zero attached hydrogens (tertiary/aromatic N) is 1. The molecule has 55 heavy (non-hydrogen) atoms. The van der Waals surface area contributed by atoms with Crippen LogP contribution in [0.3, 0.4) is 0 Å². The van der Waals surface area contributed by atoms with Crippen molar-refractivity contribution in [1.82, 2.24) is 4.98 Å². The number of aliphatic hydroxyl groups excluding tert-OH is 1. The van der Waals surface area contributed by atoms with Crippen LogP contribution in [0.15, 0.2) is 87.6 Å². The molecule has 0 atom stereocenters. The Morgan fingerprint density at radius 3 is 2.13 bits per heavy atom. The maximum atomic E-state index is 12.2. The molecule has 5 nitrogen and oxygen atoms in total. The number of hydrogen-bond donors (Lipinski definition) is 1. The van der Waals surface area contributed by atoms with Crippen molar-refractivity contribution < 1.29 is 38.8 Å². The topological polar surface area (TPSA) is 76.5 Å². The van der Waals surface area contributed by atoms with Gasteiger partial charge in [-0.1, -0.05) is 124 Å². The number of carbonyl (C=O) groups excluding carboxylic acids is 1. The van der Waals surface area contributed by atoms with Crippen LogP contribution in [0.2, 0.25) is 0 Å². The minimum absolute atomic E-state index is 0. The predicted molar refractivity (Wildman–Crippen MR) is 226 cm³/mol. The number of ketones is 1. The Labute approximate surface area is 342 Å². The Morgan fingerprint density at radius 2 is 1.51 bits per heavy atom. The van der Waals surface area contributed by atoms with Crippen molar-refractivity contribution in [2.75, 3.05) is 0 Å². The van der Waals surface area contributed by atoms with Crippen LogP contribution < -0.4 is 0 Å². The summed E-state index contributed by atoms with van der Waals surface area (Å²) in [6.45, 7) is 25.4. The molecular formula is C49H60IrNO4-. The SMILES string of the molecule is CCC(C)(CC)C(=O)/C=C(\O)C(C)(CC)CC.Cc1c(CC(C)C)oc2cc(-c3cc(-c4[c-]c5ccccc5c(C(C)(C)C)c4)nc4occc34)ccc12.[Ir]. The van der Waals surface area contributed by atoms with Gasteiger partial charge in [-0.15, -0.1) is 29.1 Å². The zero-order chi connectivity index (χ0) is 39.6. The summed E-state index contributed by atoms with van der Waals surface area (Å²) in [6.07, 6.45) is 7.41. The van der Waals surface area contributed by atoms with Crippen LogP contribution in [0.4, 0.5) is 0 Å². The molecule has 0 fully saturated rings. The average molecular weight is 919 g/mol. The summed E-state index contributed by atoms with van der Waals surface area (Å²) >= 11 is 0. The summed E-state index contributed by atoms with van der Waals surface area (Å²) in [4.78, 5) is 17.1. The van der Waals surface area contributed by atoms with E-state index in [0.29, 0.717) is 11.6 Å². The number of aryl methyl sites for hydroxylation is 1. The summed E-state index contributed by atoms with van der Waals surface area (Å²) < 4.78 is 12.2. The minimum Gasteiger partial charge on any atom is -0.512 e. The van der Waals surface area contributed by atoms with Crippen LogP contribution in [0.1, 0.15) is 119 Å². The summed E-state index contributed by atoms with van der Waals surface area (Å²) in [5, 5.41) is 14.6. The van der Waals surface area contributed by atoms with E-state index in [9.17, 15) is 9.90 Å². The number of allylic oxidation sites excluding steroid dienone is 2. The molecule has 3 aromatic carbocycles. The number of hydrogen-bond acceptors (Lipinski definition) is 5. The molecule has 0 spiro atoms. The van der Waals surface area contributed by atoms with Crippen molar-refractivity contribution >= 4 is 38.6 Å². The summed E-state index contributed by atoms with van der Waals surface area (Å²) in [5.74, 6) is 1.91. The third-order valence-corrected chi connectivity index (χ3v) is 11.8. The minimum atomic E-state index is -0.337. The van der Waals surface area contributed by atoms with Crippen molar-refractivity contribution in [1.29, 1.82) is 0 Å². The fourth-order valence-electron chi connectivity index (χ4n) is 7.01. The van der Waals surface area contributed by atoms with Gasteiger partial charge in [0.25, 0.3) is 0 Å². The van der Waals surface area contributed by atoms with Gasteiger partial charge >= 0.3 is 0 Å². The second kappa shape index (κ2) is 17.4. The van der Waals surface area contributed by atoms with Crippen LogP contribution >= 0.6 is 0 Å². The monoisotopic (exact) mass is 919 g/mol. The Morgan fingerprint density at radius 1 is 0.855 bits per heavy atom. The molecule has 6 aromatic rings. The molecule has 3 aromatic heterocycles. The van der Waals surface area contributed by atoms with E-state index in [1.807, 2.05) is 47.6 Å². The van der Waals surface area contributed by atoms with E-state index in [0.717, 1.165) is 76.6 Å². The van der Waals surface area contributed by atoms with Crippen molar-refractivity contribution in [3.63, 3.8) is 0 Å². The second-order valence-corrected chi connectivity index (χ2v) is 17.0. The summed E-state index contributed by atoms with van der Waals surface area (Å²) in [5.41, 5.74) is 7.44. The quantitative estimate of drug-likeness (QED) is 0.0796. The van der Waals surface area contributed by atoms with Gasteiger partial charge in [-0.3, -0.25) is 9.78 Å². The van der Waals surface area contributed by atoms with Crippen LogP contribution in [-0.2, 0) is 36.7 Å². The van der Waals surface area contributed by atoms with Gasteiger partial charge in [0, 0.05) is 59.9 Å². The first-order chi connectivity index (χ1) is 25.5. The van der Waals surface area contributed by atoms with Gasteiger partial charge < -0.3 is 13.9 Å². The smallest absolute Gasteiger partial charge is 0.219 e. The summed E-state index contributed by atoms with van der Waals surface area (Å²) in [6, 6.07) is 25.0. The fourth-order valence-corrected chi connectivity index (χ4v) is 7.01. The number of fused-ring (bicyclic) bond motifs is 3. The molecule has 0 aliphatic carbocycles. The molecule has 295 valence electrons. The molecule has 0 aliphatic rings. The number of rotatable bonds is 11. The second-order valence-electron chi connectivity index (χ2n) is 17.0.